The first kappa shape index (κ1) is 23.1. The predicted octanol–water partition coefficient (Wildman–Crippen LogP) is 1.34. The first-order chi connectivity index (χ1) is 12.7. The molecule has 1 saturated heterocycles. The Morgan fingerprint density at radius 2 is 2.08 bits per heavy atom. The van der Waals surface area contributed by atoms with Crippen molar-refractivity contribution in [3.8, 4) is 0 Å². The van der Waals surface area contributed by atoms with Crippen molar-refractivity contribution in [2.45, 2.75) is 39.7 Å². The van der Waals surface area contributed by atoms with Crippen LogP contribution >= 0.6 is 0 Å². The molecule has 0 aromatic rings. The lowest BCUT2D eigenvalue weighted by molar-refractivity contribution is -0.0261. The first-order valence-corrected chi connectivity index (χ1v) is 10.1. The van der Waals surface area contributed by atoms with Crippen molar-refractivity contribution < 1.29 is 14.2 Å². The summed E-state index contributed by atoms with van der Waals surface area (Å²) in [5.41, 5.74) is 0. The first-order valence-electron chi connectivity index (χ1n) is 10.1. The summed E-state index contributed by atoms with van der Waals surface area (Å²) in [5.74, 6) is 1.56. The van der Waals surface area contributed by atoms with Gasteiger partial charge in [-0.05, 0) is 25.7 Å². The van der Waals surface area contributed by atoms with Crippen molar-refractivity contribution in [3.05, 3.63) is 0 Å². The number of hydrogen-bond donors (Lipinski definition) is 2. The van der Waals surface area contributed by atoms with Gasteiger partial charge < -0.3 is 24.8 Å². The van der Waals surface area contributed by atoms with Crippen molar-refractivity contribution in [1.82, 2.24) is 15.5 Å². The van der Waals surface area contributed by atoms with E-state index in [0.717, 1.165) is 64.7 Å². The zero-order chi connectivity index (χ0) is 19.0. The van der Waals surface area contributed by atoms with Gasteiger partial charge in [0.15, 0.2) is 5.96 Å². The number of nitrogens with one attached hydrogen (secondary N) is 2. The van der Waals surface area contributed by atoms with E-state index in [1.165, 1.54) is 0 Å². The van der Waals surface area contributed by atoms with E-state index in [1.807, 2.05) is 0 Å². The van der Waals surface area contributed by atoms with Crippen LogP contribution < -0.4 is 10.6 Å². The molecule has 7 heteroatoms. The number of guanidine groups is 1. The van der Waals surface area contributed by atoms with Crippen molar-refractivity contribution in [2.24, 2.45) is 10.9 Å². The summed E-state index contributed by atoms with van der Waals surface area (Å²) >= 11 is 0. The van der Waals surface area contributed by atoms with Crippen molar-refractivity contribution in [3.63, 3.8) is 0 Å². The molecule has 0 aromatic carbocycles. The maximum absolute atomic E-state index is 5.88. The molecule has 7 nitrogen and oxygen atoms in total. The molecule has 1 unspecified atom stereocenters. The van der Waals surface area contributed by atoms with Gasteiger partial charge in [-0.15, -0.1) is 0 Å². The van der Waals surface area contributed by atoms with Gasteiger partial charge in [0.05, 0.1) is 32.5 Å². The molecular weight excluding hydrogens is 332 g/mol. The third kappa shape index (κ3) is 11.7. The van der Waals surface area contributed by atoms with Crippen LogP contribution in [-0.2, 0) is 14.2 Å². The average Bonchev–Trinajstić information content (AvgIpc) is 2.61. The van der Waals surface area contributed by atoms with E-state index >= 15 is 0 Å². The van der Waals surface area contributed by atoms with Crippen LogP contribution in [0.15, 0.2) is 4.99 Å². The van der Waals surface area contributed by atoms with Crippen LogP contribution in [0.25, 0.3) is 0 Å². The minimum Gasteiger partial charge on any atom is -0.382 e. The Balaban J connectivity index is 2.23. The quantitative estimate of drug-likeness (QED) is 0.289. The van der Waals surface area contributed by atoms with E-state index in [-0.39, 0.29) is 6.10 Å². The molecule has 26 heavy (non-hydrogen) atoms. The second-order valence-electron chi connectivity index (χ2n) is 7.10. The van der Waals surface area contributed by atoms with E-state index in [4.69, 9.17) is 19.2 Å². The number of aliphatic imine (C=N–C) groups is 1. The maximum atomic E-state index is 5.88. The van der Waals surface area contributed by atoms with Gasteiger partial charge in [0.1, 0.15) is 0 Å². The summed E-state index contributed by atoms with van der Waals surface area (Å²) in [6.45, 7) is 15.1. The lowest BCUT2D eigenvalue weighted by Crippen LogP contribution is -2.46. The van der Waals surface area contributed by atoms with Gasteiger partial charge in [-0.25, -0.2) is 0 Å². The molecule has 2 N–H and O–H groups in total. The zero-order valence-electron chi connectivity index (χ0n) is 17.3. The Morgan fingerprint density at radius 3 is 2.81 bits per heavy atom. The molecule has 0 radical (unpaired) electrons. The van der Waals surface area contributed by atoms with Crippen LogP contribution in [-0.4, -0.2) is 89.8 Å². The topological polar surface area (TPSA) is 67.4 Å². The molecular formula is C19H40N4O3. The molecule has 0 aromatic heterocycles. The third-order valence-electron chi connectivity index (χ3n) is 4.08. The van der Waals surface area contributed by atoms with E-state index in [1.54, 1.807) is 7.11 Å². The SMILES string of the molecule is CCNC(=NCC1CN(CC(C)C)CCO1)NCCCCOCCOC. The average molecular weight is 373 g/mol. The summed E-state index contributed by atoms with van der Waals surface area (Å²) in [7, 11) is 1.69. The Kier molecular flexibility index (Phi) is 13.5. The summed E-state index contributed by atoms with van der Waals surface area (Å²) in [5, 5.41) is 6.70. The number of unbranched alkanes of at least 4 members (excludes halogenated alkanes) is 1. The molecule has 1 rings (SSSR count). The number of ether oxygens (including phenoxy) is 3. The van der Waals surface area contributed by atoms with Gasteiger partial charge in [0.2, 0.25) is 0 Å². The molecule has 1 atom stereocenters. The summed E-state index contributed by atoms with van der Waals surface area (Å²) < 4.78 is 16.3. The van der Waals surface area contributed by atoms with E-state index in [0.29, 0.717) is 25.7 Å². The largest absolute Gasteiger partial charge is 0.382 e. The summed E-state index contributed by atoms with van der Waals surface area (Å²) in [6.07, 6.45) is 2.28. The van der Waals surface area contributed by atoms with E-state index < -0.39 is 0 Å². The molecule has 0 aliphatic carbocycles. The van der Waals surface area contributed by atoms with Gasteiger partial charge >= 0.3 is 0 Å². The second kappa shape index (κ2) is 15.2. The highest BCUT2D eigenvalue weighted by molar-refractivity contribution is 5.79. The predicted molar refractivity (Wildman–Crippen MR) is 107 cm³/mol. The number of morpholine rings is 1. The molecule has 0 bridgehead atoms. The van der Waals surface area contributed by atoms with Crippen LogP contribution in [0.3, 0.4) is 0 Å². The lowest BCUT2D eigenvalue weighted by atomic mass is 10.2. The maximum Gasteiger partial charge on any atom is 0.191 e. The monoisotopic (exact) mass is 372 g/mol. The van der Waals surface area contributed by atoms with Crippen LogP contribution in [0.4, 0.5) is 0 Å². The van der Waals surface area contributed by atoms with Crippen molar-refractivity contribution >= 4 is 5.96 Å². The molecule has 1 aliphatic heterocycles. The smallest absolute Gasteiger partial charge is 0.191 e. The van der Waals surface area contributed by atoms with Crippen molar-refractivity contribution in [1.29, 1.82) is 0 Å². The number of methoxy groups -OCH3 is 1. The minimum absolute atomic E-state index is 0.187. The third-order valence-corrected chi connectivity index (χ3v) is 4.08. The standard InChI is InChI=1S/C19H40N4O3/c1-5-20-19(21-8-6-7-10-25-13-12-24-4)22-14-18-16-23(9-11-26-18)15-17(2)3/h17-18H,5-16H2,1-4H3,(H2,20,21,22). The fourth-order valence-corrected chi connectivity index (χ4v) is 2.89. The van der Waals surface area contributed by atoms with Crippen LogP contribution in [0.2, 0.25) is 0 Å². The van der Waals surface area contributed by atoms with E-state index in [9.17, 15) is 0 Å². The molecule has 1 fully saturated rings. The Hall–Kier alpha value is -0.890. The normalized spacial score (nSPS) is 19.1. The molecule has 154 valence electrons. The van der Waals surface area contributed by atoms with Crippen LogP contribution in [0.1, 0.15) is 33.6 Å². The molecule has 0 spiro atoms. The highest BCUT2D eigenvalue weighted by atomic mass is 16.5. The number of nitrogens with zero attached hydrogens (tertiary/aromatic N) is 2. The molecule has 1 aliphatic rings. The second-order valence-corrected chi connectivity index (χ2v) is 7.10. The summed E-state index contributed by atoms with van der Waals surface area (Å²) in [4.78, 5) is 7.19. The summed E-state index contributed by atoms with van der Waals surface area (Å²) in [6, 6.07) is 0. The number of hydrogen-bond acceptors (Lipinski definition) is 5. The van der Waals surface area contributed by atoms with Gasteiger partial charge in [-0.1, -0.05) is 13.8 Å². The van der Waals surface area contributed by atoms with Gasteiger partial charge in [-0.3, -0.25) is 9.89 Å². The molecule has 1 heterocycles. The Bertz CT molecular complexity index is 367. The van der Waals surface area contributed by atoms with Crippen LogP contribution in [0, 0.1) is 5.92 Å². The van der Waals surface area contributed by atoms with Crippen molar-refractivity contribution in [2.75, 3.05) is 72.8 Å². The molecule has 0 saturated carbocycles. The van der Waals surface area contributed by atoms with Gasteiger partial charge in [0.25, 0.3) is 0 Å². The number of rotatable bonds is 13. The Labute approximate surface area is 159 Å². The van der Waals surface area contributed by atoms with Crippen LogP contribution in [0.5, 0.6) is 0 Å². The highest BCUT2D eigenvalue weighted by Gasteiger charge is 2.20. The fraction of sp³-hybridized carbons (Fsp3) is 0.947. The van der Waals surface area contributed by atoms with E-state index in [2.05, 4.69) is 36.3 Å². The van der Waals surface area contributed by atoms with Gasteiger partial charge in [-0.2, -0.15) is 0 Å². The Morgan fingerprint density at radius 1 is 1.23 bits per heavy atom. The molecule has 0 amide bonds. The highest BCUT2D eigenvalue weighted by Crippen LogP contribution is 2.08. The minimum atomic E-state index is 0.187. The lowest BCUT2D eigenvalue weighted by Gasteiger charge is -2.33. The van der Waals surface area contributed by atoms with Gasteiger partial charge in [0, 0.05) is 46.4 Å². The fourth-order valence-electron chi connectivity index (χ4n) is 2.89. The zero-order valence-corrected chi connectivity index (χ0v) is 17.3.